The fourth-order valence-corrected chi connectivity index (χ4v) is 1.11. The first kappa shape index (κ1) is 13.4. The normalized spacial score (nSPS) is 13.4. The van der Waals surface area contributed by atoms with Crippen molar-refractivity contribution in [1.29, 1.82) is 0 Å². The summed E-state index contributed by atoms with van der Waals surface area (Å²) in [7, 11) is 1.78. The molecule has 0 aromatic carbocycles. The monoisotopic (exact) mass is 203 g/mol. The summed E-state index contributed by atoms with van der Waals surface area (Å²) in [6.07, 6.45) is -0.563. The summed E-state index contributed by atoms with van der Waals surface area (Å²) in [4.78, 5) is 13.0. The van der Waals surface area contributed by atoms with Crippen molar-refractivity contribution in [2.45, 2.75) is 26.0 Å². The molecule has 0 aromatic heterocycles. The van der Waals surface area contributed by atoms with E-state index >= 15 is 0 Å². The van der Waals surface area contributed by atoms with E-state index in [9.17, 15) is 9.90 Å². The summed E-state index contributed by atoms with van der Waals surface area (Å²) in [5, 5.41) is 12.0. The molecule has 84 valence electrons. The number of aliphatic hydroxyl groups is 1. The van der Waals surface area contributed by atoms with Gasteiger partial charge in [0.05, 0.1) is 12.6 Å². The fourth-order valence-electron chi connectivity index (χ4n) is 1.11. The fraction of sp³-hybridized carbons (Fsp3) is 0.889. The van der Waals surface area contributed by atoms with Gasteiger partial charge in [-0.2, -0.15) is 0 Å². The zero-order chi connectivity index (χ0) is 11.1. The molecule has 0 bridgehead atoms. The molecule has 4 N–H and O–H groups in total. The van der Waals surface area contributed by atoms with E-state index < -0.39 is 6.10 Å². The Morgan fingerprint density at radius 1 is 1.57 bits per heavy atom. The number of rotatable bonds is 6. The highest BCUT2D eigenvalue weighted by atomic mass is 16.3. The van der Waals surface area contributed by atoms with E-state index in [1.54, 1.807) is 11.9 Å². The first-order chi connectivity index (χ1) is 6.45. The van der Waals surface area contributed by atoms with Gasteiger partial charge < -0.3 is 16.2 Å². The van der Waals surface area contributed by atoms with Crippen molar-refractivity contribution in [1.82, 2.24) is 10.2 Å². The van der Waals surface area contributed by atoms with Crippen molar-refractivity contribution in [2.24, 2.45) is 5.73 Å². The Labute approximate surface area is 85.3 Å². The van der Waals surface area contributed by atoms with Crippen LogP contribution in [-0.2, 0) is 4.79 Å². The molecule has 0 aliphatic rings. The molecule has 0 spiro atoms. The number of nitrogens with one attached hydrogen (secondary N) is 1. The molecular formula is C9H21N3O2. The molecule has 0 rings (SSSR count). The van der Waals surface area contributed by atoms with Crippen molar-refractivity contribution < 1.29 is 9.90 Å². The summed E-state index contributed by atoms with van der Waals surface area (Å²) >= 11 is 0. The predicted molar refractivity (Wildman–Crippen MR) is 55.8 cm³/mol. The second-order valence-corrected chi connectivity index (χ2v) is 3.81. The lowest BCUT2D eigenvalue weighted by atomic mass is 10.3. The van der Waals surface area contributed by atoms with Gasteiger partial charge in [0.15, 0.2) is 0 Å². The van der Waals surface area contributed by atoms with Gasteiger partial charge in [0.25, 0.3) is 0 Å². The molecule has 0 aliphatic heterocycles. The molecule has 0 fully saturated rings. The Balaban J connectivity index is 3.71. The molecule has 0 aliphatic carbocycles. The SMILES string of the molecule is CC(C)NC(=O)CN(C)CC(O)CN. The summed E-state index contributed by atoms with van der Waals surface area (Å²) in [5.74, 6) is -0.0354. The Morgan fingerprint density at radius 2 is 2.14 bits per heavy atom. The average Bonchev–Trinajstić information content (AvgIpc) is 2.01. The van der Waals surface area contributed by atoms with E-state index in [1.807, 2.05) is 13.8 Å². The maximum atomic E-state index is 11.3. The van der Waals surface area contributed by atoms with E-state index in [4.69, 9.17) is 5.73 Å². The van der Waals surface area contributed by atoms with Crippen molar-refractivity contribution in [2.75, 3.05) is 26.7 Å². The van der Waals surface area contributed by atoms with Crippen molar-refractivity contribution in [3.05, 3.63) is 0 Å². The van der Waals surface area contributed by atoms with Gasteiger partial charge in [0, 0.05) is 19.1 Å². The molecule has 5 heteroatoms. The number of aliphatic hydroxyl groups excluding tert-OH is 1. The lowest BCUT2D eigenvalue weighted by Crippen LogP contribution is -2.42. The summed E-state index contributed by atoms with van der Waals surface area (Å²) in [6.45, 7) is 4.74. The lowest BCUT2D eigenvalue weighted by Gasteiger charge is -2.19. The van der Waals surface area contributed by atoms with Gasteiger partial charge in [-0.1, -0.05) is 0 Å². The molecule has 0 saturated carbocycles. The largest absolute Gasteiger partial charge is 0.390 e. The predicted octanol–water partition coefficient (Wildman–Crippen LogP) is -1.24. The lowest BCUT2D eigenvalue weighted by molar-refractivity contribution is -0.122. The van der Waals surface area contributed by atoms with E-state index in [-0.39, 0.29) is 25.0 Å². The van der Waals surface area contributed by atoms with Crippen LogP contribution in [0.1, 0.15) is 13.8 Å². The van der Waals surface area contributed by atoms with Gasteiger partial charge in [-0.25, -0.2) is 0 Å². The van der Waals surface area contributed by atoms with Crippen LogP contribution in [0.5, 0.6) is 0 Å². The quantitative estimate of drug-likeness (QED) is 0.505. The second-order valence-electron chi connectivity index (χ2n) is 3.81. The van der Waals surface area contributed by atoms with Crippen LogP contribution < -0.4 is 11.1 Å². The van der Waals surface area contributed by atoms with Gasteiger partial charge in [-0.3, -0.25) is 9.69 Å². The topological polar surface area (TPSA) is 78.6 Å². The van der Waals surface area contributed by atoms with E-state index in [1.165, 1.54) is 0 Å². The van der Waals surface area contributed by atoms with Crippen LogP contribution in [0.2, 0.25) is 0 Å². The van der Waals surface area contributed by atoms with Crippen LogP contribution in [0.15, 0.2) is 0 Å². The third kappa shape index (κ3) is 6.82. The minimum Gasteiger partial charge on any atom is -0.390 e. The minimum absolute atomic E-state index is 0.0354. The molecule has 1 atom stereocenters. The zero-order valence-corrected chi connectivity index (χ0v) is 9.16. The number of likely N-dealkylation sites (N-methyl/N-ethyl adjacent to an activating group) is 1. The Morgan fingerprint density at radius 3 is 2.57 bits per heavy atom. The Hall–Kier alpha value is -0.650. The van der Waals surface area contributed by atoms with Gasteiger partial charge in [-0.05, 0) is 20.9 Å². The third-order valence-corrected chi connectivity index (χ3v) is 1.66. The zero-order valence-electron chi connectivity index (χ0n) is 9.16. The van der Waals surface area contributed by atoms with Gasteiger partial charge in [0.1, 0.15) is 0 Å². The second kappa shape index (κ2) is 6.75. The van der Waals surface area contributed by atoms with Crippen LogP contribution in [0.4, 0.5) is 0 Å². The van der Waals surface area contributed by atoms with E-state index in [0.717, 1.165) is 0 Å². The van der Waals surface area contributed by atoms with Crippen LogP contribution >= 0.6 is 0 Å². The highest BCUT2D eigenvalue weighted by molar-refractivity contribution is 5.78. The number of hydrogen-bond donors (Lipinski definition) is 3. The smallest absolute Gasteiger partial charge is 0.234 e. The molecule has 14 heavy (non-hydrogen) atoms. The Kier molecular flexibility index (Phi) is 6.44. The summed E-state index contributed by atoms with van der Waals surface area (Å²) in [5.41, 5.74) is 5.25. The Bertz CT molecular complexity index is 173. The third-order valence-electron chi connectivity index (χ3n) is 1.66. The van der Waals surface area contributed by atoms with Crippen molar-refractivity contribution >= 4 is 5.91 Å². The summed E-state index contributed by atoms with van der Waals surface area (Å²) < 4.78 is 0. The molecule has 1 unspecified atom stereocenters. The molecule has 1 amide bonds. The maximum Gasteiger partial charge on any atom is 0.234 e. The van der Waals surface area contributed by atoms with Crippen LogP contribution in [0, 0.1) is 0 Å². The van der Waals surface area contributed by atoms with Crippen LogP contribution in [-0.4, -0.2) is 54.7 Å². The number of carbonyl (C=O) groups excluding carboxylic acids is 1. The van der Waals surface area contributed by atoms with Crippen molar-refractivity contribution in [3.8, 4) is 0 Å². The molecule has 0 saturated heterocycles. The summed E-state index contributed by atoms with van der Waals surface area (Å²) in [6, 6.07) is 0.148. The first-order valence-electron chi connectivity index (χ1n) is 4.81. The van der Waals surface area contributed by atoms with Gasteiger partial charge in [0.2, 0.25) is 5.91 Å². The number of carbonyl (C=O) groups is 1. The number of nitrogens with zero attached hydrogens (tertiary/aromatic N) is 1. The molecular weight excluding hydrogens is 182 g/mol. The number of amides is 1. The van der Waals surface area contributed by atoms with E-state index in [2.05, 4.69) is 5.32 Å². The maximum absolute atomic E-state index is 11.3. The highest BCUT2D eigenvalue weighted by Crippen LogP contribution is 1.88. The van der Waals surface area contributed by atoms with Gasteiger partial charge >= 0.3 is 0 Å². The number of nitrogens with two attached hydrogens (primary N) is 1. The molecule has 0 radical (unpaired) electrons. The molecule has 0 heterocycles. The van der Waals surface area contributed by atoms with Crippen LogP contribution in [0.25, 0.3) is 0 Å². The first-order valence-corrected chi connectivity index (χ1v) is 4.81. The van der Waals surface area contributed by atoms with Crippen molar-refractivity contribution in [3.63, 3.8) is 0 Å². The highest BCUT2D eigenvalue weighted by Gasteiger charge is 2.10. The standard InChI is InChI=1S/C9H21N3O2/c1-7(2)11-9(14)6-12(3)5-8(13)4-10/h7-8,13H,4-6,10H2,1-3H3,(H,11,14). The number of hydrogen-bond acceptors (Lipinski definition) is 4. The molecule has 5 nitrogen and oxygen atoms in total. The average molecular weight is 203 g/mol. The van der Waals surface area contributed by atoms with E-state index in [0.29, 0.717) is 6.54 Å². The van der Waals surface area contributed by atoms with Gasteiger partial charge in [-0.15, -0.1) is 0 Å². The minimum atomic E-state index is -0.563. The molecule has 0 aromatic rings. The van der Waals surface area contributed by atoms with Crippen LogP contribution in [0.3, 0.4) is 0 Å².